The molecule has 0 spiro atoms. The molecule has 1 aromatic rings. The molecule has 4 nitrogen and oxygen atoms in total. The summed E-state index contributed by atoms with van der Waals surface area (Å²) in [6.45, 7) is 2.87. The second-order valence-electron chi connectivity index (χ2n) is 4.59. The van der Waals surface area contributed by atoms with Crippen molar-refractivity contribution in [3.8, 4) is 0 Å². The summed E-state index contributed by atoms with van der Waals surface area (Å²) in [4.78, 5) is 12.8. The molecule has 1 amide bonds. The average molecular weight is 304 g/mol. The van der Waals surface area contributed by atoms with Crippen molar-refractivity contribution >= 4 is 29.3 Å². The van der Waals surface area contributed by atoms with E-state index in [1.165, 1.54) is 18.7 Å². The molecule has 6 heteroatoms. The largest absolute Gasteiger partial charge is 0.393 e. The smallest absolute Gasteiger partial charge is 0.233 e. The molecule has 0 aliphatic carbocycles. The van der Waals surface area contributed by atoms with Crippen LogP contribution in [0.1, 0.15) is 13.8 Å². The Hall–Kier alpha value is -0.750. The summed E-state index contributed by atoms with van der Waals surface area (Å²) in [7, 11) is 0. The average Bonchev–Trinajstić information content (AvgIpc) is 2.38. The van der Waals surface area contributed by atoms with Crippen LogP contribution in [0.15, 0.2) is 29.2 Å². The lowest BCUT2D eigenvalue weighted by Crippen LogP contribution is -2.45. The molecule has 106 valence electrons. The Morgan fingerprint density at radius 1 is 1.47 bits per heavy atom. The highest BCUT2D eigenvalue weighted by atomic mass is 35.5. The van der Waals surface area contributed by atoms with Gasteiger partial charge in [0, 0.05) is 16.5 Å². The van der Waals surface area contributed by atoms with Crippen molar-refractivity contribution in [3.63, 3.8) is 0 Å². The van der Waals surface area contributed by atoms with E-state index in [2.05, 4.69) is 5.32 Å². The highest BCUT2D eigenvalue weighted by Gasteiger charge is 2.22. The lowest BCUT2D eigenvalue weighted by molar-refractivity contribution is -0.121. The van der Waals surface area contributed by atoms with E-state index >= 15 is 0 Å². The van der Waals surface area contributed by atoms with Gasteiger partial charge in [-0.1, -0.05) is 11.6 Å². The second kappa shape index (κ2) is 7.14. The van der Waals surface area contributed by atoms with E-state index in [-0.39, 0.29) is 17.7 Å². The zero-order chi connectivity index (χ0) is 14.5. The van der Waals surface area contributed by atoms with Crippen molar-refractivity contribution in [1.29, 1.82) is 0 Å². The molecule has 2 atom stereocenters. The Kier molecular flexibility index (Phi) is 6.13. The maximum Gasteiger partial charge on any atom is 0.233 e. The number of carbonyl (C=O) groups is 1. The van der Waals surface area contributed by atoms with Crippen LogP contribution in [0, 0.1) is 0 Å². The van der Waals surface area contributed by atoms with Crippen LogP contribution < -0.4 is 5.32 Å². The molecule has 0 aliphatic heterocycles. The number of hydrogen-bond acceptors (Lipinski definition) is 4. The summed E-state index contributed by atoms with van der Waals surface area (Å²) in [5.74, 6) is -0.186. The van der Waals surface area contributed by atoms with Crippen molar-refractivity contribution in [1.82, 2.24) is 5.32 Å². The molecule has 3 N–H and O–H groups in total. The van der Waals surface area contributed by atoms with Crippen molar-refractivity contribution in [2.45, 2.75) is 29.6 Å². The van der Waals surface area contributed by atoms with Gasteiger partial charge in [0.15, 0.2) is 0 Å². The maximum atomic E-state index is 11.8. The first-order valence-electron chi connectivity index (χ1n) is 5.87. The summed E-state index contributed by atoms with van der Waals surface area (Å²) in [5.41, 5.74) is -1.29. The van der Waals surface area contributed by atoms with Gasteiger partial charge in [-0.05, 0) is 38.1 Å². The number of amides is 1. The fourth-order valence-corrected chi connectivity index (χ4v) is 2.27. The maximum absolute atomic E-state index is 11.8. The van der Waals surface area contributed by atoms with E-state index in [9.17, 15) is 9.90 Å². The van der Waals surface area contributed by atoms with Gasteiger partial charge in [-0.25, -0.2) is 0 Å². The molecule has 0 radical (unpaired) electrons. The number of nitrogens with one attached hydrogen (secondary N) is 1. The Morgan fingerprint density at radius 2 is 2.05 bits per heavy atom. The number of hydrogen-bond donors (Lipinski definition) is 3. The molecule has 0 fully saturated rings. The fraction of sp³-hybridized carbons (Fsp3) is 0.462. The fourth-order valence-electron chi connectivity index (χ4n) is 1.25. The molecule has 0 bridgehead atoms. The Bertz CT molecular complexity index is 422. The highest BCUT2D eigenvalue weighted by molar-refractivity contribution is 8.00. The molecule has 1 rings (SSSR count). The molecule has 0 aromatic heterocycles. The van der Waals surface area contributed by atoms with E-state index in [0.29, 0.717) is 5.02 Å². The number of halogens is 1. The highest BCUT2D eigenvalue weighted by Crippen LogP contribution is 2.24. The minimum Gasteiger partial charge on any atom is -0.393 e. The van der Waals surface area contributed by atoms with Gasteiger partial charge in [-0.15, -0.1) is 11.8 Å². The van der Waals surface area contributed by atoms with Crippen LogP contribution in [0.25, 0.3) is 0 Å². The Labute approximate surface area is 122 Å². The quantitative estimate of drug-likeness (QED) is 0.699. The van der Waals surface area contributed by atoms with Crippen LogP contribution in [0.2, 0.25) is 5.02 Å². The minimum absolute atomic E-state index is 0.0217. The molecule has 0 saturated heterocycles. The van der Waals surface area contributed by atoms with Crippen LogP contribution in [-0.4, -0.2) is 40.1 Å². The van der Waals surface area contributed by atoms with E-state index in [1.807, 2.05) is 12.1 Å². The number of carbonyl (C=O) groups excluding carboxylic acids is 1. The summed E-state index contributed by atoms with van der Waals surface area (Å²) in [6, 6.07) is 7.23. The van der Waals surface area contributed by atoms with Gasteiger partial charge in [-0.2, -0.15) is 0 Å². The van der Waals surface area contributed by atoms with E-state index in [0.717, 1.165) is 4.90 Å². The monoisotopic (exact) mass is 303 g/mol. The zero-order valence-corrected chi connectivity index (χ0v) is 12.5. The second-order valence-corrected chi connectivity index (χ2v) is 6.44. The van der Waals surface area contributed by atoms with Crippen LogP contribution in [0.3, 0.4) is 0 Å². The summed E-state index contributed by atoms with van der Waals surface area (Å²) in [5, 5.41) is 21.4. The Balaban J connectivity index is 2.47. The summed E-state index contributed by atoms with van der Waals surface area (Å²) in [6.07, 6.45) is 0. The third-order valence-corrected chi connectivity index (χ3v) is 3.84. The number of aliphatic hydroxyl groups excluding tert-OH is 1. The number of rotatable bonds is 6. The van der Waals surface area contributed by atoms with Gasteiger partial charge in [0.2, 0.25) is 5.91 Å². The van der Waals surface area contributed by atoms with Gasteiger partial charge in [0.1, 0.15) is 5.60 Å². The first-order chi connectivity index (χ1) is 8.84. The first kappa shape index (κ1) is 16.3. The SMILES string of the molecule is CC(Sc1ccc(Cl)cc1)C(=O)NCC(C)(O)CO. The van der Waals surface area contributed by atoms with Crippen molar-refractivity contribution in [2.24, 2.45) is 0 Å². The van der Waals surface area contributed by atoms with Crippen LogP contribution in [0.4, 0.5) is 0 Å². The lowest BCUT2D eigenvalue weighted by Gasteiger charge is -2.21. The lowest BCUT2D eigenvalue weighted by atomic mass is 10.1. The summed E-state index contributed by atoms with van der Waals surface area (Å²) < 4.78 is 0. The molecule has 0 aliphatic rings. The van der Waals surface area contributed by atoms with Gasteiger partial charge < -0.3 is 15.5 Å². The van der Waals surface area contributed by atoms with Crippen molar-refractivity contribution < 1.29 is 15.0 Å². The van der Waals surface area contributed by atoms with Crippen LogP contribution in [0.5, 0.6) is 0 Å². The van der Waals surface area contributed by atoms with Gasteiger partial charge in [0.25, 0.3) is 0 Å². The predicted octanol–water partition coefficient (Wildman–Crippen LogP) is 1.68. The minimum atomic E-state index is -1.29. The molecule has 0 saturated carbocycles. The molecular formula is C13H18ClNO3S. The third-order valence-electron chi connectivity index (χ3n) is 2.48. The standard InChI is InChI=1S/C13H18ClNO3S/c1-9(12(17)15-7-13(2,18)8-16)19-11-5-3-10(14)4-6-11/h3-6,9,16,18H,7-8H2,1-2H3,(H,15,17). The van der Waals surface area contributed by atoms with E-state index in [1.54, 1.807) is 19.1 Å². The van der Waals surface area contributed by atoms with Gasteiger partial charge in [-0.3, -0.25) is 4.79 Å². The number of benzene rings is 1. The zero-order valence-electron chi connectivity index (χ0n) is 10.9. The third kappa shape index (κ3) is 5.82. The molecule has 2 unspecified atom stereocenters. The van der Waals surface area contributed by atoms with Crippen LogP contribution >= 0.6 is 23.4 Å². The number of aliphatic hydroxyl groups is 2. The van der Waals surface area contributed by atoms with Crippen LogP contribution in [-0.2, 0) is 4.79 Å². The van der Waals surface area contributed by atoms with Crippen molar-refractivity contribution in [3.05, 3.63) is 29.3 Å². The van der Waals surface area contributed by atoms with Crippen molar-refractivity contribution in [2.75, 3.05) is 13.2 Å². The predicted molar refractivity (Wildman–Crippen MR) is 77.5 cm³/mol. The number of thioether (sulfide) groups is 1. The van der Waals surface area contributed by atoms with Gasteiger partial charge in [0.05, 0.1) is 11.9 Å². The van der Waals surface area contributed by atoms with Gasteiger partial charge >= 0.3 is 0 Å². The van der Waals surface area contributed by atoms with E-state index in [4.69, 9.17) is 16.7 Å². The Morgan fingerprint density at radius 3 is 2.58 bits per heavy atom. The normalized spacial score (nSPS) is 15.6. The molecule has 1 aromatic carbocycles. The topological polar surface area (TPSA) is 69.6 Å². The first-order valence-corrected chi connectivity index (χ1v) is 7.13. The molecular weight excluding hydrogens is 286 g/mol. The molecule has 19 heavy (non-hydrogen) atoms. The summed E-state index contributed by atoms with van der Waals surface area (Å²) >= 11 is 7.19. The molecule has 0 heterocycles. The van der Waals surface area contributed by atoms with E-state index < -0.39 is 12.2 Å².